The third-order valence-electron chi connectivity index (χ3n) is 5.83. The number of para-hydroxylation sites is 1. The second-order valence-corrected chi connectivity index (χ2v) is 9.36. The van der Waals surface area contributed by atoms with Crippen LogP contribution < -0.4 is 10.6 Å². The van der Waals surface area contributed by atoms with E-state index in [9.17, 15) is 9.59 Å². The van der Waals surface area contributed by atoms with Crippen molar-refractivity contribution in [3.63, 3.8) is 0 Å². The van der Waals surface area contributed by atoms with Gasteiger partial charge in [0.2, 0.25) is 5.91 Å². The number of aryl methyl sites for hydroxylation is 1. The number of aromatic nitrogens is 1. The molecule has 1 aliphatic heterocycles. The molecule has 7 heteroatoms. The van der Waals surface area contributed by atoms with Gasteiger partial charge in [0.25, 0.3) is 0 Å². The average Bonchev–Trinajstić information content (AvgIpc) is 3.28. The molecule has 2 heterocycles. The van der Waals surface area contributed by atoms with E-state index < -0.39 is 17.7 Å². The number of rotatable bonds is 7. The zero-order chi connectivity index (χ0) is 22.6. The van der Waals surface area contributed by atoms with Crippen molar-refractivity contribution >= 4 is 22.9 Å². The lowest BCUT2D eigenvalue weighted by Crippen LogP contribution is -2.51. The summed E-state index contributed by atoms with van der Waals surface area (Å²) in [5.41, 5.74) is 1.49. The summed E-state index contributed by atoms with van der Waals surface area (Å²) in [6.45, 7) is 10.2. The highest BCUT2D eigenvalue weighted by molar-refractivity contribution is 5.88. The maximum absolute atomic E-state index is 13.1. The molecule has 2 N–H and O–H groups in total. The van der Waals surface area contributed by atoms with Crippen LogP contribution in [0.4, 0.5) is 4.79 Å². The number of benzene rings is 1. The highest BCUT2D eigenvalue weighted by Gasteiger charge is 2.28. The zero-order valence-corrected chi connectivity index (χ0v) is 19.4. The average molecular weight is 429 g/mol. The van der Waals surface area contributed by atoms with Crippen LogP contribution in [0.1, 0.15) is 46.1 Å². The van der Waals surface area contributed by atoms with Gasteiger partial charge < -0.3 is 19.9 Å². The van der Waals surface area contributed by atoms with Crippen molar-refractivity contribution in [3.8, 4) is 0 Å². The molecule has 0 bridgehead atoms. The van der Waals surface area contributed by atoms with Crippen molar-refractivity contribution < 1.29 is 14.3 Å². The van der Waals surface area contributed by atoms with Crippen LogP contribution in [-0.4, -0.2) is 58.8 Å². The molecular formula is C24H36N4O3. The van der Waals surface area contributed by atoms with Gasteiger partial charge in [0, 0.05) is 43.2 Å². The minimum atomic E-state index is -0.711. The molecule has 2 atom stereocenters. The Bertz CT molecular complexity index is 915. The predicted molar refractivity (Wildman–Crippen MR) is 123 cm³/mol. The second-order valence-electron chi connectivity index (χ2n) is 9.36. The second kappa shape index (κ2) is 9.73. The fraction of sp³-hybridized carbons (Fsp3) is 0.583. The molecule has 1 fully saturated rings. The molecule has 1 aliphatic rings. The Morgan fingerprint density at radius 3 is 2.71 bits per heavy atom. The smallest absolute Gasteiger partial charge is 0.408 e. The lowest BCUT2D eigenvalue weighted by molar-refractivity contribution is -0.123. The Morgan fingerprint density at radius 1 is 1.26 bits per heavy atom. The Morgan fingerprint density at radius 2 is 2.00 bits per heavy atom. The number of amides is 2. The van der Waals surface area contributed by atoms with Gasteiger partial charge in [-0.1, -0.05) is 25.1 Å². The number of likely N-dealkylation sites (N-methyl/N-ethyl adjacent to an activating group) is 1. The van der Waals surface area contributed by atoms with Gasteiger partial charge in [0.1, 0.15) is 11.6 Å². The topological polar surface area (TPSA) is 75.6 Å². The summed E-state index contributed by atoms with van der Waals surface area (Å²) in [6.07, 6.45) is 4.08. The van der Waals surface area contributed by atoms with E-state index in [1.807, 2.05) is 56.8 Å². The van der Waals surface area contributed by atoms with Crippen LogP contribution in [0.2, 0.25) is 0 Å². The van der Waals surface area contributed by atoms with Crippen molar-refractivity contribution in [1.29, 1.82) is 0 Å². The van der Waals surface area contributed by atoms with Gasteiger partial charge in [0.15, 0.2) is 0 Å². The number of alkyl carbamates (subject to hydrolysis) is 1. The molecular weight excluding hydrogens is 392 g/mol. The SMILES string of the molecule is CCN1CCC[C@@H]1CNC(=O)[C@H](Cc1cn(C)c2ccccc12)NC(=O)OC(C)(C)C. The quantitative estimate of drug-likeness (QED) is 0.710. The maximum atomic E-state index is 13.1. The Hall–Kier alpha value is -2.54. The molecule has 2 aromatic rings. The van der Waals surface area contributed by atoms with E-state index in [0.29, 0.717) is 19.0 Å². The largest absolute Gasteiger partial charge is 0.444 e. The number of carbonyl (C=O) groups is 2. The molecule has 1 aromatic heterocycles. The van der Waals surface area contributed by atoms with Gasteiger partial charge in [-0.3, -0.25) is 9.69 Å². The van der Waals surface area contributed by atoms with E-state index in [4.69, 9.17) is 4.74 Å². The van der Waals surface area contributed by atoms with Gasteiger partial charge in [0.05, 0.1) is 0 Å². The third-order valence-corrected chi connectivity index (χ3v) is 5.83. The summed E-state index contributed by atoms with van der Waals surface area (Å²) < 4.78 is 7.46. The fourth-order valence-corrected chi connectivity index (χ4v) is 4.35. The van der Waals surface area contributed by atoms with Crippen molar-refractivity contribution in [2.45, 2.75) is 64.6 Å². The van der Waals surface area contributed by atoms with Crippen LogP contribution in [0, 0.1) is 0 Å². The standard InChI is InChI=1S/C24H36N4O3/c1-6-28-13-9-10-18(28)15-25-22(29)20(26-23(30)31-24(2,3)4)14-17-16-27(5)21-12-8-7-11-19(17)21/h7-8,11-12,16,18,20H,6,9-10,13-15H2,1-5H3,(H,25,29)(H,26,30)/t18-,20+/m1/s1. The molecule has 0 unspecified atom stereocenters. The van der Waals surface area contributed by atoms with Crippen LogP contribution in [0.5, 0.6) is 0 Å². The lowest BCUT2D eigenvalue weighted by Gasteiger charge is -2.26. The molecule has 170 valence electrons. The van der Waals surface area contributed by atoms with Gasteiger partial charge in [-0.15, -0.1) is 0 Å². The van der Waals surface area contributed by atoms with Gasteiger partial charge >= 0.3 is 6.09 Å². The van der Waals surface area contributed by atoms with E-state index in [1.165, 1.54) is 0 Å². The van der Waals surface area contributed by atoms with E-state index in [0.717, 1.165) is 42.4 Å². The first-order valence-electron chi connectivity index (χ1n) is 11.2. The summed E-state index contributed by atoms with van der Waals surface area (Å²) in [4.78, 5) is 28.0. The number of hydrogen-bond acceptors (Lipinski definition) is 4. The summed E-state index contributed by atoms with van der Waals surface area (Å²) in [7, 11) is 1.99. The number of nitrogens with one attached hydrogen (secondary N) is 2. The van der Waals surface area contributed by atoms with Crippen LogP contribution in [0.25, 0.3) is 10.9 Å². The van der Waals surface area contributed by atoms with Crippen LogP contribution in [0.15, 0.2) is 30.5 Å². The van der Waals surface area contributed by atoms with Crippen molar-refractivity contribution in [3.05, 3.63) is 36.0 Å². The summed E-state index contributed by atoms with van der Waals surface area (Å²) in [5, 5.41) is 6.96. The van der Waals surface area contributed by atoms with Crippen LogP contribution in [0.3, 0.4) is 0 Å². The van der Waals surface area contributed by atoms with Crippen LogP contribution in [-0.2, 0) is 23.0 Å². The summed E-state index contributed by atoms with van der Waals surface area (Å²) in [6, 6.07) is 7.72. The normalized spacial score (nSPS) is 18.2. The Labute approximate surface area is 185 Å². The van der Waals surface area contributed by atoms with E-state index >= 15 is 0 Å². The number of hydrogen-bond donors (Lipinski definition) is 2. The third kappa shape index (κ3) is 6.00. The fourth-order valence-electron chi connectivity index (χ4n) is 4.35. The molecule has 0 saturated carbocycles. The highest BCUT2D eigenvalue weighted by atomic mass is 16.6. The number of carbonyl (C=O) groups excluding carboxylic acids is 2. The molecule has 0 aliphatic carbocycles. The number of nitrogens with zero attached hydrogens (tertiary/aromatic N) is 2. The van der Waals surface area contributed by atoms with Crippen molar-refractivity contribution in [1.82, 2.24) is 20.1 Å². The van der Waals surface area contributed by atoms with Gasteiger partial charge in [-0.05, 0) is 58.3 Å². The lowest BCUT2D eigenvalue weighted by atomic mass is 10.0. The minimum Gasteiger partial charge on any atom is -0.444 e. The van der Waals surface area contributed by atoms with Crippen molar-refractivity contribution in [2.75, 3.05) is 19.6 Å². The first-order valence-corrected chi connectivity index (χ1v) is 11.2. The molecule has 31 heavy (non-hydrogen) atoms. The minimum absolute atomic E-state index is 0.179. The molecule has 3 rings (SSSR count). The van der Waals surface area contributed by atoms with Crippen LogP contribution >= 0.6 is 0 Å². The molecule has 0 spiro atoms. The van der Waals surface area contributed by atoms with E-state index in [1.54, 1.807) is 0 Å². The monoisotopic (exact) mass is 428 g/mol. The zero-order valence-electron chi connectivity index (χ0n) is 19.4. The highest BCUT2D eigenvalue weighted by Crippen LogP contribution is 2.22. The van der Waals surface area contributed by atoms with Gasteiger partial charge in [-0.25, -0.2) is 4.79 Å². The van der Waals surface area contributed by atoms with Gasteiger partial charge in [-0.2, -0.15) is 0 Å². The Kier molecular flexibility index (Phi) is 7.26. The first kappa shape index (κ1) is 23.1. The summed E-state index contributed by atoms with van der Waals surface area (Å²) in [5.74, 6) is -0.179. The Balaban J connectivity index is 1.75. The van der Waals surface area contributed by atoms with E-state index in [-0.39, 0.29) is 5.91 Å². The predicted octanol–water partition coefficient (Wildman–Crippen LogP) is 3.21. The molecule has 1 aromatic carbocycles. The van der Waals surface area contributed by atoms with Crippen molar-refractivity contribution in [2.24, 2.45) is 7.05 Å². The summed E-state index contributed by atoms with van der Waals surface area (Å²) >= 11 is 0. The van der Waals surface area contributed by atoms with E-state index in [2.05, 4.69) is 28.5 Å². The first-order chi connectivity index (χ1) is 14.7. The number of ether oxygens (including phenoxy) is 1. The maximum Gasteiger partial charge on any atom is 0.408 e. The number of fused-ring (bicyclic) bond motifs is 1. The molecule has 2 amide bonds. The molecule has 1 saturated heterocycles. The molecule has 0 radical (unpaired) electrons. The number of likely N-dealkylation sites (tertiary alicyclic amines) is 1. The molecule has 7 nitrogen and oxygen atoms in total.